The van der Waals surface area contributed by atoms with Crippen LogP contribution in [0.5, 0.6) is 0 Å². The van der Waals surface area contributed by atoms with Crippen LogP contribution in [0.1, 0.15) is 37.8 Å². The van der Waals surface area contributed by atoms with Crippen molar-refractivity contribution >= 4 is 11.9 Å². The maximum absolute atomic E-state index is 12.4. The Kier molecular flexibility index (Phi) is 6.81. The number of piperidine rings is 1. The van der Waals surface area contributed by atoms with Gasteiger partial charge in [0.25, 0.3) is 0 Å². The smallest absolute Gasteiger partial charge is 0.317 e. The van der Waals surface area contributed by atoms with E-state index in [1.54, 1.807) is 12.1 Å². The van der Waals surface area contributed by atoms with Crippen molar-refractivity contribution in [3.8, 4) is 6.07 Å². The first-order chi connectivity index (χ1) is 12.0. The number of hydrogen-bond acceptors (Lipinski definition) is 3. The van der Waals surface area contributed by atoms with Gasteiger partial charge in [0.2, 0.25) is 5.91 Å². The van der Waals surface area contributed by atoms with Crippen LogP contribution in [0.15, 0.2) is 24.3 Å². The van der Waals surface area contributed by atoms with E-state index in [0.717, 1.165) is 24.9 Å². The molecule has 1 aliphatic heterocycles. The number of rotatable bonds is 5. The third-order valence-corrected chi connectivity index (χ3v) is 4.40. The lowest BCUT2D eigenvalue weighted by molar-refractivity contribution is -0.124. The van der Waals surface area contributed by atoms with E-state index in [9.17, 15) is 9.59 Å². The summed E-state index contributed by atoms with van der Waals surface area (Å²) in [6.45, 7) is 6.15. The van der Waals surface area contributed by atoms with Crippen LogP contribution in [-0.2, 0) is 11.3 Å². The lowest BCUT2D eigenvalue weighted by Gasteiger charge is -2.33. The molecule has 0 saturated carbocycles. The van der Waals surface area contributed by atoms with Crippen LogP contribution < -0.4 is 10.6 Å². The highest BCUT2D eigenvalue weighted by molar-refractivity contribution is 5.77. The molecule has 1 heterocycles. The van der Waals surface area contributed by atoms with Gasteiger partial charge in [-0.2, -0.15) is 5.26 Å². The van der Waals surface area contributed by atoms with Crippen LogP contribution in [0.25, 0.3) is 0 Å². The molecule has 6 heteroatoms. The second kappa shape index (κ2) is 9.07. The predicted octanol–water partition coefficient (Wildman–Crippen LogP) is 2.25. The molecule has 2 rings (SSSR count). The highest BCUT2D eigenvalue weighted by atomic mass is 16.2. The molecule has 1 aliphatic rings. The van der Waals surface area contributed by atoms with Crippen LogP contribution in [0.2, 0.25) is 0 Å². The molecule has 0 aromatic heterocycles. The van der Waals surface area contributed by atoms with E-state index < -0.39 is 0 Å². The fourth-order valence-corrected chi connectivity index (χ4v) is 2.91. The zero-order chi connectivity index (χ0) is 18.2. The number of hydrogen-bond donors (Lipinski definition) is 2. The minimum atomic E-state index is -0.0951. The molecular formula is C19H26N4O2. The van der Waals surface area contributed by atoms with E-state index in [0.29, 0.717) is 31.1 Å². The average Bonchev–Trinajstić information content (AvgIpc) is 2.64. The molecule has 6 nitrogen and oxygen atoms in total. The van der Waals surface area contributed by atoms with Crippen molar-refractivity contribution in [3.05, 3.63) is 35.4 Å². The first-order valence-electron chi connectivity index (χ1n) is 8.79. The van der Waals surface area contributed by atoms with Crippen LogP contribution >= 0.6 is 0 Å². The zero-order valence-electron chi connectivity index (χ0n) is 14.9. The molecule has 25 heavy (non-hydrogen) atoms. The number of likely N-dealkylation sites (tertiary alicyclic amines) is 1. The number of urea groups is 1. The molecule has 0 aliphatic carbocycles. The number of carbonyl (C=O) groups excluding carboxylic acids is 2. The standard InChI is InChI=1S/C19H26N4O2/c1-14(2)18(24)21-12-17-7-4-8-23(13-17)19(25)22-11-16-6-3-5-15(9-16)10-20/h3,5-6,9,14,17H,4,7-8,11-13H2,1-2H3,(H,21,24)(H,22,25). The van der Waals surface area contributed by atoms with Crippen LogP contribution in [-0.4, -0.2) is 36.5 Å². The fraction of sp³-hybridized carbons (Fsp3) is 0.526. The molecule has 3 amide bonds. The van der Waals surface area contributed by atoms with Crippen molar-refractivity contribution in [2.75, 3.05) is 19.6 Å². The largest absolute Gasteiger partial charge is 0.356 e. The van der Waals surface area contributed by atoms with Crippen molar-refractivity contribution in [3.63, 3.8) is 0 Å². The number of carbonyl (C=O) groups is 2. The summed E-state index contributed by atoms with van der Waals surface area (Å²) in [6.07, 6.45) is 1.96. The number of nitrogens with one attached hydrogen (secondary N) is 2. The monoisotopic (exact) mass is 342 g/mol. The Morgan fingerprint density at radius 3 is 2.88 bits per heavy atom. The molecule has 1 atom stereocenters. The Balaban J connectivity index is 1.80. The van der Waals surface area contributed by atoms with E-state index in [1.807, 2.05) is 30.9 Å². The fourth-order valence-electron chi connectivity index (χ4n) is 2.91. The molecular weight excluding hydrogens is 316 g/mol. The van der Waals surface area contributed by atoms with Gasteiger partial charge >= 0.3 is 6.03 Å². The highest BCUT2D eigenvalue weighted by Crippen LogP contribution is 2.16. The number of nitriles is 1. The molecule has 2 N–H and O–H groups in total. The SMILES string of the molecule is CC(C)C(=O)NCC1CCCN(C(=O)NCc2cccc(C#N)c2)C1. The quantitative estimate of drug-likeness (QED) is 0.860. The van der Waals surface area contributed by atoms with Crippen molar-refractivity contribution in [1.82, 2.24) is 15.5 Å². The zero-order valence-corrected chi connectivity index (χ0v) is 14.9. The third-order valence-electron chi connectivity index (χ3n) is 4.40. The third kappa shape index (κ3) is 5.79. The Labute approximate surface area is 149 Å². The van der Waals surface area contributed by atoms with Crippen molar-refractivity contribution in [1.29, 1.82) is 5.26 Å². The molecule has 0 bridgehead atoms. The summed E-state index contributed by atoms with van der Waals surface area (Å²) in [5, 5.41) is 14.8. The van der Waals surface area contributed by atoms with Gasteiger partial charge in [-0.05, 0) is 36.5 Å². The minimum Gasteiger partial charge on any atom is -0.356 e. The Morgan fingerprint density at radius 2 is 2.16 bits per heavy atom. The topological polar surface area (TPSA) is 85.2 Å². The number of benzene rings is 1. The van der Waals surface area contributed by atoms with Gasteiger partial charge in [0.1, 0.15) is 0 Å². The normalized spacial score (nSPS) is 17.0. The van der Waals surface area contributed by atoms with Gasteiger partial charge in [-0.1, -0.05) is 26.0 Å². The van der Waals surface area contributed by atoms with Gasteiger partial charge in [-0.15, -0.1) is 0 Å². The molecule has 134 valence electrons. The molecule has 1 saturated heterocycles. The van der Waals surface area contributed by atoms with E-state index in [1.165, 1.54) is 0 Å². The first kappa shape index (κ1) is 18.8. The van der Waals surface area contributed by atoms with Gasteiger partial charge in [-0.3, -0.25) is 4.79 Å². The van der Waals surface area contributed by atoms with E-state index in [-0.39, 0.29) is 17.9 Å². The minimum absolute atomic E-state index is 0.0211. The number of nitrogens with zero attached hydrogens (tertiary/aromatic N) is 2. The van der Waals surface area contributed by atoms with Gasteiger partial charge < -0.3 is 15.5 Å². The summed E-state index contributed by atoms with van der Waals surface area (Å²) < 4.78 is 0. The van der Waals surface area contributed by atoms with Crippen molar-refractivity contribution in [2.24, 2.45) is 11.8 Å². The average molecular weight is 342 g/mol. The molecule has 0 radical (unpaired) electrons. The summed E-state index contributed by atoms with van der Waals surface area (Å²) in [5.74, 6) is 0.329. The Morgan fingerprint density at radius 1 is 1.36 bits per heavy atom. The lowest BCUT2D eigenvalue weighted by atomic mass is 9.98. The maximum atomic E-state index is 12.4. The van der Waals surface area contributed by atoms with Crippen LogP contribution in [0.4, 0.5) is 4.79 Å². The predicted molar refractivity (Wildman–Crippen MR) is 95.5 cm³/mol. The molecule has 1 fully saturated rings. The van der Waals surface area contributed by atoms with Crippen molar-refractivity contribution in [2.45, 2.75) is 33.2 Å². The second-order valence-corrected chi connectivity index (χ2v) is 6.83. The van der Waals surface area contributed by atoms with Gasteiger partial charge in [-0.25, -0.2) is 4.79 Å². The maximum Gasteiger partial charge on any atom is 0.317 e. The summed E-state index contributed by atoms with van der Waals surface area (Å²) >= 11 is 0. The van der Waals surface area contributed by atoms with Crippen LogP contribution in [0.3, 0.4) is 0 Å². The van der Waals surface area contributed by atoms with Crippen LogP contribution in [0, 0.1) is 23.2 Å². The summed E-state index contributed by atoms with van der Waals surface area (Å²) in [6, 6.07) is 9.23. The molecule has 1 unspecified atom stereocenters. The summed E-state index contributed by atoms with van der Waals surface area (Å²) in [4.78, 5) is 25.9. The summed E-state index contributed by atoms with van der Waals surface area (Å²) in [7, 11) is 0. The second-order valence-electron chi connectivity index (χ2n) is 6.83. The lowest BCUT2D eigenvalue weighted by Crippen LogP contribution is -2.47. The van der Waals surface area contributed by atoms with E-state index in [4.69, 9.17) is 5.26 Å². The molecule has 1 aromatic rings. The van der Waals surface area contributed by atoms with E-state index >= 15 is 0 Å². The highest BCUT2D eigenvalue weighted by Gasteiger charge is 2.24. The first-order valence-corrected chi connectivity index (χ1v) is 8.79. The van der Waals surface area contributed by atoms with Crippen molar-refractivity contribution < 1.29 is 9.59 Å². The molecule has 1 aromatic carbocycles. The molecule has 0 spiro atoms. The van der Waals surface area contributed by atoms with Gasteiger partial charge in [0.05, 0.1) is 11.6 Å². The number of amides is 3. The van der Waals surface area contributed by atoms with Gasteiger partial charge in [0.15, 0.2) is 0 Å². The Bertz CT molecular complexity index is 651. The Hall–Kier alpha value is -2.55. The van der Waals surface area contributed by atoms with E-state index in [2.05, 4.69) is 16.7 Å². The summed E-state index contributed by atoms with van der Waals surface area (Å²) in [5.41, 5.74) is 1.50. The van der Waals surface area contributed by atoms with Gasteiger partial charge in [0, 0.05) is 32.1 Å².